The number of hydrogen-bond donors (Lipinski definition) is 2. The Morgan fingerprint density at radius 1 is 1.04 bits per heavy atom. The van der Waals surface area contributed by atoms with Crippen molar-refractivity contribution in [3.63, 3.8) is 0 Å². The minimum absolute atomic E-state index is 0.210. The number of nitrogens with one attached hydrogen (secondary N) is 2. The maximum absolute atomic E-state index is 12.8. The normalized spacial score (nSPS) is 14.3. The van der Waals surface area contributed by atoms with Crippen LogP contribution in [0, 0.1) is 0 Å². The van der Waals surface area contributed by atoms with Crippen molar-refractivity contribution in [2.24, 2.45) is 0 Å². The van der Waals surface area contributed by atoms with Gasteiger partial charge in [0.05, 0.1) is 17.3 Å². The highest BCUT2D eigenvalue weighted by molar-refractivity contribution is 9.10. The highest BCUT2D eigenvalue weighted by atomic mass is 79.9. The van der Waals surface area contributed by atoms with Crippen molar-refractivity contribution in [1.82, 2.24) is 15.6 Å². The lowest BCUT2D eigenvalue weighted by atomic mass is 10.0. The monoisotopic (exact) mass is 469 g/mol. The predicted octanol–water partition coefficient (Wildman–Crippen LogP) is 5.20. The van der Waals surface area contributed by atoms with Gasteiger partial charge < -0.3 is 10.6 Å². The van der Waals surface area contributed by atoms with Crippen LogP contribution in [0.5, 0.6) is 0 Å². The molecule has 152 valence electrons. The molecule has 2 aromatic rings. The van der Waals surface area contributed by atoms with E-state index in [0.717, 1.165) is 31.2 Å². The molecular formula is C17H14BrF6N3O. The smallest absolute Gasteiger partial charge is 0.327 e. The summed E-state index contributed by atoms with van der Waals surface area (Å²) in [5.74, 6) is 0. The van der Waals surface area contributed by atoms with Crippen LogP contribution in [0.25, 0.3) is 0 Å². The van der Waals surface area contributed by atoms with Crippen LogP contribution in [-0.4, -0.2) is 23.2 Å². The van der Waals surface area contributed by atoms with E-state index in [1.807, 2.05) is 0 Å². The van der Waals surface area contributed by atoms with Gasteiger partial charge in [-0.15, -0.1) is 0 Å². The van der Waals surface area contributed by atoms with Crippen LogP contribution < -0.4 is 10.6 Å². The number of halogens is 7. The number of benzene rings is 1. The van der Waals surface area contributed by atoms with Gasteiger partial charge in [0.15, 0.2) is 0 Å². The Bertz CT molecular complexity index is 823. The first-order valence-corrected chi connectivity index (χ1v) is 8.60. The van der Waals surface area contributed by atoms with Crippen molar-refractivity contribution >= 4 is 22.0 Å². The van der Waals surface area contributed by atoms with Gasteiger partial charge in [0, 0.05) is 10.7 Å². The molecule has 2 N–H and O–H groups in total. The average Bonchev–Trinajstić information content (AvgIpc) is 2.59. The summed E-state index contributed by atoms with van der Waals surface area (Å²) in [6.45, 7) is 0.767. The molecule has 1 aromatic carbocycles. The van der Waals surface area contributed by atoms with Crippen LogP contribution >= 0.6 is 15.9 Å². The average molecular weight is 470 g/mol. The Morgan fingerprint density at radius 2 is 1.64 bits per heavy atom. The summed E-state index contributed by atoms with van der Waals surface area (Å²) < 4.78 is 76.7. The Hall–Kier alpha value is -2.30. The number of hydrogen-bond acceptors (Lipinski definition) is 2. The largest absolute Gasteiger partial charge is 0.416 e. The summed E-state index contributed by atoms with van der Waals surface area (Å²) in [5.41, 5.74) is -0.468. The second-order valence-electron chi connectivity index (χ2n) is 5.80. The maximum atomic E-state index is 12.8. The fraction of sp³-hybridized carbons (Fsp3) is 0.294. The van der Waals surface area contributed by atoms with Crippen LogP contribution in [0.1, 0.15) is 29.8 Å². The molecule has 0 bridgehead atoms. The molecule has 4 nitrogen and oxygen atoms in total. The molecule has 0 radical (unpaired) electrons. The minimum Gasteiger partial charge on any atom is -0.327 e. The van der Waals surface area contributed by atoms with Crippen molar-refractivity contribution in [3.8, 4) is 0 Å². The number of urea groups is 1. The zero-order chi connectivity index (χ0) is 21.1. The summed E-state index contributed by atoms with van der Waals surface area (Å²) in [6, 6.07) is 2.69. The van der Waals surface area contributed by atoms with E-state index in [1.54, 1.807) is 17.4 Å². The fourth-order valence-electron chi connectivity index (χ4n) is 2.24. The molecule has 1 unspecified atom stereocenters. The SMILES string of the molecule is C[C@H](NC(=O)NC(c1ccc(C(F)(F)F)cc1)c1ncccc1Br)C(F)(F)F. The number of amides is 2. The lowest BCUT2D eigenvalue weighted by Gasteiger charge is -2.23. The third kappa shape index (κ3) is 5.60. The van der Waals surface area contributed by atoms with E-state index in [2.05, 4.69) is 26.2 Å². The zero-order valence-electron chi connectivity index (χ0n) is 14.2. The minimum atomic E-state index is -4.65. The van der Waals surface area contributed by atoms with E-state index in [-0.39, 0.29) is 11.3 Å². The van der Waals surface area contributed by atoms with E-state index in [1.165, 1.54) is 6.20 Å². The van der Waals surface area contributed by atoms with Gasteiger partial charge in [0.2, 0.25) is 0 Å². The molecule has 2 atom stereocenters. The molecular weight excluding hydrogens is 456 g/mol. The first-order chi connectivity index (χ1) is 12.9. The molecule has 2 amide bonds. The van der Waals surface area contributed by atoms with E-state index in [9.17, 15) is 31.1 Å². The quantitative estimate of drug-likeness (QED) is 0.604. The predicted molar refractivity (Wildman–Crippen MR) is 92.4 cm³/mol. The third-order valence-electron chi connectivity index (χ3n) is 3.75. The Balaban J connectivity index is 2.33. The van der Waals surface area contributed by atoms with Crippen molar-refractivity contribution in [1.29, 1.82) is 0 Å². The second kappa shape index (κ2) is 8.38. The third-order valence-corrected chi connectivity index (χ3v) is 4.42. The molecule has 0 spiro atoms. The Kier molecular flexibility index (Phi) is 6.58. The number of rotatable bonds is 4. The second-order valence-corrected chi connectivity index (χ2v) is 6.66. The number of aromatic nitrogens is 1. The van der Waals surface area contributed by atoms with Crippen LogP contribution in [0.4, 0.5) is 31.1 Å². The van der Waals surface area contributed by atoms with E-state index in [4.69, 9.17) is 0 Å². The van der Waals surface area contributed by atoms with Crippen molar-refractivity contribution in [2.45, 2.75) is 31.4 Å². The van der Waals surface area contributed by atoms with Crippen LogP contribution in [0.2, 0.25) is 0 Å². The van der Waals surface area contributed by atoms with Gasteiger partial charge in [-0.1, -0.05) is 12.1 Å². The van der Waals surface area contributed by atoms with Crippen molar-refractivity contribution in [3.05, 3.63) is 63.9 Å². The molecule has 0 saturated heterocycles. The highest BCUT2D eigenvalue weighted by Crippen LogP contribution is 2.32. The molecule has 0 fully saturated rings. The summed E-state index contributed by atoms with van der Waals surface area (Å²) in [6.07, 6.45) is -7.81. The van der Waals surface area contributed by atoms with Gasteiger partial charge in [0.1, 0.15) is 6.04 Å². The first-order valence-electron chi connectivity index (χ1n) is 7.81. The molecule has 0 aliphatic carbocycles. The number of alkyl halides is 6. The summed E-state index contributed by atoms with van der Waals surface area (Å²) in [7, 11) is 0. The first kappa shape index (κ1) is 22.0. The van der Waals surface area contributed by atoms with Gasteiger partial charge in [-0.2, -0.15) is 26.3 Å². The highest BCUT2D eigenvalue weighted by Gasteiger charge is 2.37. The topological polar surface area (TPSA) is 54.0 Å². The Labute approximate surface area is 164 Å². The zero-order valence-corrected chi connectivity index (χ0v) is 15.8. The van der Waals surface area contributed by atoms with Gasteiger partial charge in [0.25, 0.3) is 0 Å². The molecule has 0 aliphatic rings. The number of carbonyl (C=O) groups is 1. The molecule has 0 saturated carbocycles. The van der Waals surface area contributed by atoms with Crippen LogP contribution in [0.3, 0.4) is 0 Å². The summed E-state index contributed by atoms with van der Waals surface area (Å²) >= 11 is 3.22. The molecule has 2 rings (SSSR count). The lowest BCUT2D eigenvalue weighted by Crippen LogP contribution is -2.48. The van der Waals surface area contributed by atoms with Crippen LogP contribution in [0.15, 0.2) is 47.1 Å². The molecule has 11 heteroatoms. The van der Waals surface area contributed by atoms with E-state index in [0.29, 0.717) is 4.47 Å². The summed E-state index contributed by atoms with van der Waals surface area (Å²) in [5, 5.41) is 4.07. The summed E-state index contributed by atoms with van der Waals surface area (Å²) in [4.78, 5) is 16.1. The number of pyridine rings is 1. The number of nitrogens with zero attached hydrogens (tertiary/aromatic N) is 1. The molecule has 1 aromatic heterocycles. The number of carbonyl (C=O) groups excluding carboxylic acids is 1. The van der Waals surface area contributed by atoms with Crippen molar-refractivity contribution in [2.75, 3.05) is 0 Å². The fourth-order valence-corrected chi connectivity index (χ4v) is 2.72. The molecule has 0 aliphatic heterocycles. The Morgan fingerprint density at radius 3 is 2.14 bits per heavy atom. The van der Waals surface area contributed by atoms with Gasteiger partial charge in [-0.3, -0.25) is 4.98 Å². The molecule has 1 heterocycles. The van der Waals surface area contributed by atoms with Gasteiger partial charge in [-0.05, 0) is 52.7 Å². The molecule has 28 heavy (non-hydrogen) atoms. The van der Waals surface area contributed by atoms with Gasteiger partial charge in [-0.25, -0.2) is 4.79 Å². The standard InChI is InChI=1S/C17H14BrF6N3O/c1-9(16(19,20)21)26-15(28)27-13(14-12(18)3-2-8-25-14)10-4-6-11(7-5-10)17(22,23)24/h2-9,13H,1H3,(H2,26,27,28)/t9-,13?/m0/s1. The van der Waals surface area contributed by atoms with E-state index >= 15 is 0 Å². The van der Waals surface area contributed by atoms with Gasteiger partial charge >= 0.3 is 18.4 Å². The lowest BCUT2D eigenvalue weighted by molar-refractivity contribution is -0.148. The van der Waals surface area contributed by atoms with E-state index < -0.39 is 36.0 Å². The maximum Gasteiger partial charge on any atom is 0.416 e. The van der Waals surface area contributed by atoms with Crippen molar-refractivity contribution < 1.29 is 31.1 Å². The van der Waals surface area contributed by atoms with Crippen LogP contribution in [-0.2, 0) is 6.18 Å².